The number of hydroxylamine groups is 1. The third-order valence-corrected chi connectivity index (χ3v) is 5.40. The summed E-state index contributed by atoms with van der Waals surface area (Å²) in [6.45, 7) is 1.90. The van der Waals surface area contributed by atoms with Crippen molar-refractivity contribution in [1.29, 1.82) is 0 Å². The van der Waals surface area contributed by atoms with Crippen LogP contribution in [0.15, 0.2) is 60.7 Å². The Balaban J connectivity index is 1.74. The first-order valence-electron chi connectivity index (χ1n) is 8.19. The molecule has 0 saturated carbocycles. The zero-order valence-corrected chi connectivity index (χ0v) is 16.0. The van der Waals surface area contributed by atoms with Gasteiger partial charge in [0.1, 0.15) is 0 Å². The number of nitrogens with one attached hydrogen (secondary N) is 2. The van der Waals surface area contributed by atoms with E-state index in [0.717, 1.165) is 28.0 Å². The van der Waals surface area contributed by atoms with Gasteiger partial charge in [0, 0.05) is 5.02 Å². The van der Waals surface area contributed by atoms with E-state index in [0.29, 0.717) is 9.90 Å². The van der Waals surface area contributed by atoms with Crippen molar-refractivity contribution in [2.45, 2.75) is 13.0 Å². The fourth-order valence-corrected chi connectivity index (χ4v) is 3.54. The zero-order valence-electron chi connectivity index (χ0n) is 14.4. The van der Waals surface area contributed by atoms with Crippen LogP contribution < -0.4 is 10.8 Å². The summed E-state index contributed by atoms with van der Waals surface area (Å²) >= 11 is 6.96. The van der Waals surface area contributed by atoms with E-state index in [-0.39, 0.29) is 16.8 Å². The second-order valence-corrected chi connectivity index (χ2v) is 7.45. The highest BCUT2D eigenvalue weighted by Gasteiger charge is 2.16. The van der Waals surface area contributed by atoms with Crippen LogP contribution >= 0.6 is 22.9 Å². The lowest BCUT2D eigenvalue weighted by atomic mass is 10.00. The number of hydrogen-bond acceptors (Lipinski definition) is 4. The highest BCUT2D eigenvalue weighted by Crippen LogP contribution is 2.25. The molecule has 3 aromatic rings. The van der Waals surface area contributed by atoms with Crippen LogP contribution in [-0.4, -0.2) is 17.0 Å². The van der Waals surface area contributed by atoms with Crippen molar-refractivity contribution in [3.8, 4) is 11.1 Å². The van der Waals surface area contributed by atoms with Crippen LogP contribution in [0.4, 0.5) is 0 Å². The van der Waals surface area contributed by atoms with Crippen molar-refractivity contribution in [2.75, 3.05) is 0 Å². The van der Waals surface area contributed by atoms with Gasteiger partial charge in [-0.2, -0.15) is 0 Å². The third kappa shape index (κ3) is 4.54. The number of rotatable bonds is 5. The van der Waals surface area contributed by atoms with Gasteiger partial charge >= 0.3 is 0 Å². The summed E-state index contributed by atoms with van der Waals surface area (Å²) in [6, 6.07) is 18.3. The zero-order chi connectivity index (χ0) is 19.4. The Morgan fingerprint density at radius 1 is 0.963 bits per heavy atom. The minimum atomic E-state index is -0.636. The van der Waals surface area contributed by atoms with Crippen LogP contribution in [0, 0.1) is 0 Å². The smallest absolute Gasteiger partial charge is 0.284 e. The predicted octanol–water partition coefficient (Wildman–Crippen LogP) is 4.68. The molecule has 1 heterocycles. The van der Waals surface area contributed by atoms with E-state index in [2.05, 4.69) is 5.32 Å². The molecule has 0 aliphatic rings. The molecule has 1 atom stereocenters. The van der Waals surface area contributed by atoms with Crippen molar-refractivity contribution >= 4 is 34.8 Å². The van der Waals surface area contributed by atoms with Crippen LogP contribution in [-0.2, 0) is 0 Å². The molecule has 5 nitrogen and oxygen atoms in total. The average Bonchev–Trinajstić information content (AvgIpc) is 3.18. The summed E-state index contributed by atoms with van der Waals surface area (Å²) in [5, 5.41) is 12.3. The van der Waals surface area contributed by atoms with Crippen molar-refractivity contribution in [3.63, 3.8) is 0 Å². The Morgan fingerprint density at radius 2 is 1.63 bits per heavy atom. The van der Waals surface area contributed by atoms with Gasteiger partial charge in [0.15, 0.2) is 0 Å². The molecular formula is C20H17ClN2O3S. The summed E-state index contributed by atoms with van der Waals surface area (Å²) < 4.78 is 0. The Bertz CT molecular complexity index is 969. The van der Waals surface area contributed by atoms with Gasteiger partial charge in [-0.05, 0) is 53.9 Å². The highest BCUT2D eigenvalue weighted by atomic mass is 35.5. The lowest BCUT2D eigenvalue weighted by Gasteiger charge is -2.15. The van der Waals surface area contributed by atoms with E-state index >= 15 is 0 Å². The fourth-order valence-electron chi connectivity index (χ4n) is 2.62. The molecule has 3 N–H and O–H groups in total. The molecule has 0 spiro atoms. The molecule has 0 radical (unpaired) electrons. The Morgan fingerprint density at radius 3 is 2.30 bits per heavy atom. The van der Waals surface area contributed by atoms with E-state index in [1.807, 2.05) is 55.5 Å². The van der Waals surface area contributed by atoms with Crippen LogP contribution in [0.3, 0.4) is 0 Å². The maximum atomic E-state index is 12.4. The maximum absolute atomic E-state index is 12.4. The summed E-state index contributed by atoms with van der Waals surface area (Å²) in [4.78, 5) is 24.5. The van der Waals surface area contributed by atoms with Gasteiger partial charge in [0.05, 0.1) is 15.8 Å². The van der Waals surface area contributed by atoms with Gasteiger partial charge in [-0.15, -0.1) is 11.3 Å². The molecule has 0 fully saturated rings. The average molecular weight is 401 g/mol. The minimum Gasteiger partial charge on any atom is -0.345 e. The molecule has 0 saturated heterocycles. The first-order chi connectivity index (χ1) is 13.0. The Hall–Kier alpha value is -2.67. The molecule has 138 valence electrons. The molecule has 0 aliphatic carbocycles. The van der Waals surface area contributed by atoms with Crippen LogP contribution in [0.1, 0.15) is 37.9 Å². The molecule has 7 heteroatoms. The number of hydrogen-bond donors (Lipinski definition) is 3. The number of carbonyl (C=O) groups excluding carboxylic acids is 2. The molecular weight excluding hydrogens is 384 g/mol. The van der Waals surface area contributed by atoms with Gasteiger partial charge in [-0.25, -0.2) is 5.48 Å². The predicted molar refractivity (Wildman–Crippen MR) is 106 cm³/mol. The SMILES string of the molecule is CC(NC(=O)c1ccc(C(=O)NO)s1)c1cccc(-c2ccc(Cl)cc2)c1. The van der Waals surface area contributed by atoms with Gasteiger partial charge in [0.25, 0.3) is 11.8 Å². The lowest BCUT2D eigenvalue weighted by Crippen LogP contribution is -2.25. The van der Waals surface area contributed by atoms with E-state index < -0.39 is 5.91 Å². The Kier molecular flexibility index (Phi) is 5.91. The summed E-state index contributed by atoms with van der Waals surface area (Å²) in [5.74, 6) is -0.913. The van der Waals surface area contributed by atoms with E-state index in [1.54, 1.807) is 11.5 Å². The molecule has 0 aliphatic heterocycles. The van der Waals surface area contributed by atoms with E-state index in [4.69, 9.17) is 16.8 Å². The lowest BCUT2D eigenvalue weighted by molar-refractivity contribution is 0.0711. The maximum Gasteiger partial charge on any atom is 0.284 e. The Labute approximate surface area is 165 Å². The second-order valence-electron chi connectivity index (χ2n) is 5.93. The minimum absolute atomic E-state index is 0.220. The van der Waals surface area contributed by atoms with E-state index in [9.17, 15) is 9.59 Å². The topological polar surface area (TPSA) is 78.4 Å². The number of benzene rings is 2. The van der Waals surface area contributed by atoms with Gasteiger partial charge in [-0.1, -0.05) is 41.9 Å². The van der Waals surface area contributed by atoms with Crippen LogP contribution in [0.5, 0.6) is 0 Å². The van der Waals surface area contributed by atoms with Gasteiger partial charge in [0.2, 0.25) is 0 Å². The number of thiophene rings is 1. The van der Waals surface area contributed by atoms with Gasteiger partial charge in [-0.3, -0.25) is 14.8 Å². The highest BCUT2D eigenvalue weighted by molar-refractivity contribution is 7.15. The van der Waals surface area contributed by atoms with Crippen molar-refractivity contribution in [1.82, 2.24) is 10.8 Å². The summed E-state index contributed by atoms with van der Waals surface area (Å²) in [5.41, 5.74) is 4.59. The van der Waals surface area contributed by atoms with Crippen molar-refractivity contribution < 1.29 is 14.8 Å². The molecule has 27 heavy (non-hydrogen) atoms. The van der Waals surface area contributed by atoms with Crippen molar-refractivity contribution in [2.24, 2.45) is 0 Å². The summed E-state index contributed by atoms with van der Waals surface area (Å²) in [6.07, 6.45) is 0. The number of carbonyl (C=O) groups is 2. The first kappa shape index (κ1) is 19.1. The fraction of sp³-hybridized carbons (Fsp3) is 0.100. The normalized spacial score (nSPS) is 11.7. The summed E-state index contributed by atoms with van der Waals surface area (Å²) in [7, 11) is 0. The molecule has 3 rings (SSSR count). The standard InChI is InChI=1S/C20H17ClN2O3S/c1-12(22-19(24)17-9-10-18(27-17)20(25)23-26)14-3-2-4-15(11-14)13-5-7-16(21)8-6-13/h2-12,26H,1H3,(H,22,24)(H,23,25). The monoisotopic (exact) mass is 400 g/mol. The largest absolute Gasteiger partial charge is 0.345 e. The second kappa shape index (κ2) is 8.35. The molecule has 2 aromatic carbocycles. The molecule has 1 aromatic heterocycles. The number of halogens is 1. The molecule has 1 unspecified atom stereocenters. The first-order valence-corrected chi connectivity index (χ1v) is 9.38. The quantitative estimate of drug-likeness (QED) is 0.430. The van der Waals surface area contributed by atoms with Crippen molar-refractivity contribution in [3.05, 3.63) is 81.0 Å². The third-order valence-electron chi connectivity index (χ3n) is 4.07. The number of amides is 2. The van der Waals surface area contributed by atoms with Crippen LogP contribution in [0.2, 0.25) is 5.02 Å². The molecule has 2 amide bonds. The molecule has 0 bridgehead atoms. The van der Waals surface area contributed by atoms with Gasteiger partial charge < -0.3 is 5.32 Å². The van der Waals surface area contributed by atoms with Crippen LogP contribution in [0.25, 0.3) is 11.1 Å². The van der Waals surface area contributed by atoms with E-state index in [1.165, 1.54) is 6.07 Å².